The molecule has 0 aliphatic rings. The Labute approximate surface area is 158 Å². The van der Waals surface area contributed by atoms with Gasteiger partial charge in [0.25, 0.3) is 5.91 Å². The number of rotatable bonds is 6. The molecule has 138 valence electrons. The van der Waals surface area contributed by atoms with Gasteiger partial charge in [0.2, 0.25) is 0 Å². The van der Waals surface area contributed by atoms with E-state index >= 15 is 0 Å². The zero-order valence-electron chi connectivity index (χ0n) is 15.4. The number of aryl methyl sites for hydroxylation is 1. The van der Waals surface area contributed by atoms with Gasteiger partial charge in [-0.2, -0.15) is 0 Å². The standard InChI is InChI=1S/C21H21N3O3/c1-14-8-9-20(27-3)17(12-14)23-15-10-11-22-18(13-15)21(25)24-16-6-4-5-7-19(16)26-2/h4-13H,1-3H3,(H,22,23)(H,24,25). The Bertz CT molecular complexity index is 957. The molecule has 0 spiro atoms. The second-order valence-corrected chi connectivity index (χ2v) is 5.91. The SMILES string of the molecule is COc1ccccc1NC(=O)c1cc(Nc2cc(C)ccc2OC)ccn1. The summed E-state index contributed by atoms with van der Waals surface area (Å²) in [6.07, 6.45) is 1.59. The molecule has 1 heterocycles. The molecule has 0 saturated heterocycles. The largest absolute Gasteiger partial charge is 0.495 e. The van der Waals surface area contributed by atoms with E-state index < -0.39 is 0 Å². The van der Waals surface area contributed by atoms with Crippen LogP contribution in [-0.2, 0) is 0 Å². The molecule has 0 aliphatic carbocycles. The van der Waals surface area contributed by atoms with Crippen LogP contribution in [0.2, 0.25) is 0 Å². The van der Waals surface area contributed by atoms with Crippen molar-refractivity contribution in [1.82, 2.24) is 4.98 Å². The number of carbonyl (C=O) groups excluding carboxylic acids is 1. The number of hydrogen-bond donors (Lipinski definition) is 2. The summed E-state index contributed by atoms with van der Waals surface area (Å²) in [5.74, 6) is 0.987. The molecule has 6 nitrogen and oxygen atoms in total. The van der Waals surface area contributed by atoms with Crippen molar-refractivity contribution in [2.75, 3.05) is 24.9 Å². The van der Waals surface area contributed by atoms with Crippen LogP contribution in [0.4, 0.5) is 17.1 Å². The molecule has 0 aliphatic heterocycles. The number of nitrogens with one attached hydrogen (secondary N) is 2. The van der Waals surface area contributed by atoms with E-state index in [4.69, 9.17) is 9.47 Å². The summed E-state index contributed by atoms with van der Waals surface area (Å²) in [6.45, 7) is 2.00. The van der Waals surface area contributed by atoms with Gasteiger partial charge in [-0.1, -0.05) is 18.2 Å². The molecule has 2 N–H and O–H groups in total. The van der Waals surface area contributed by atoms with E-state index in [0.29, 0.717) is 11.4 Å². The first kappa shape index (κ1) is 18.3. The third-order valence-corrected chi connectivity index (χ3v) is 3.98. The Balaban J connectivity index is 1.81. The molecule has 0 atom stereocenters. The van der Waals surface area contributed by atoms with Crippen LogP contribution in [0.1, 0.15) is 16.1 Å². The van der Waals surface area contributed by atoms with Crippen molar-refractivity contribution in [2.45, 2.75) is 6.92 Å². The topological polar surface area (TPSA) is 72.5 Å². The van der Waals surface area contributed by atoms with Gasteiger partial charge in [0, 0.05) is 11.9 Å². The van der Waals surface area contributed by atoms with Crippen LogP contribution in [-0.4, -0.2) is 25.1 Å². The molecule has 0 bridgehead atoms. The monoisotopic (exact) mass is 363 g/mol. The van der Waals surface area contributed by atoms with E-state index in [1.165, 1.54) is 0 Å². The molecule has 0 unspecified atom stereocenters. The third kappa shape index (κ3) is 4.36. The summed E-state index contributed by atoms with van der Waals surface area (Å²) >= 11 is 0. The zero-order valence-corrected chi connectivity index (χ0v) is 15.4. The van der Waals surface area contributed by atoms with E-state index in [1.807, 2.05) is 37.3 Å². The lowest BCUT2D eigenvalue weighted by molar-refractivity contribution is 0.102. The molecule has 3 aromatic rings. The van der Waals surface area contributed by atoms with Gasteiger partial charge >= 0.3 is 0 Å². The van der Waals surface area contributed by atoms with E-state index in [0.717, 1.165) is 22.7 Å². The van der Waals surface area contributed by atoms with Crippen LogP contribution in [0.3, 0.4) is 0 Å². The zero-order chi connectivity index (χ0) is 19.2. The fourth-order valence-corrected chi connectivity index (χ4v) is 2.64. The van der Waals surface area contributed by atoms with Gasteiger partial charge in [0.05, 0.1) is 25.6 Å². The lowest BCUT2D eigenvalue weighted by Crippen LogP contribution is -2.14. The van der Waals surface area contributed by atoms with Crippen molar-refractivity contribution in [3.05, 3.63) is 72.1 Å². The molecule has 1 aromatic heterocycles. The van der Waals surface area contributed by atoms with Gasteiger partial charge in [0.1, 0.15) is 17.2 Å². The second kappa shape index (κ2) is 8.23. The summed E-state index contributed by atoms with van der Waals surface area (Å²) in [5, 5.41) is 6.10. The number of pyridine rings is 1. The van der Waals surface area contributed by atoms with E-state index in [-0.39, 0.29) is 11.6 Å². The second-order valence-electron chi connectivity index (χ2n) is 5.91. The molecule has 0 radical (unpaired) electrons. The minimum Gasteiger partial charge on any atom is -0.495 e. The predicted molar refractivity (Wildman–Crippen MR) is 106 cm³/mol. The number of benzene rings is 2. The Morgan fingerprint density at radius 2 is 1.67 bits per heavy atom. The van der Waals surface area contributed by atoms with Crippen LogP contribution < -0.4 is 20.1 Å². The first-order valence-corrected chi connectivity index (χ1v) is 8.43. The van der Waals surface area contributed by atoms with Crippen molar-refractivity contribution >= 4 is 23.0 Å². The third-order valence-electron chi connectivity index (χ3n) is 3.98. The fourth-order valence-electron chi connectivity index (χ4n) is 2.64. The molecule has 0 saturated carbocycles. The average Bonchev–Trinajstić information content (AvgIpc) is 2.69. The quantitative estimate of drug-likeness (QED) is 0.679. The number of amides is 1. The highest BCUT2D eigenvalue weighted by atomic mass is 16.5. The highest BCUT2D eigenvalue weighted by Crippen LogP contribution is 2.29. The van der Waals surface area contributed by atoms with Gasteiger partial charge in [-0.3, -0.25) is 9.78 Å². The molecule has 27 heavy (non-hydrogen) atoms. The Hall–Kier alpha value is -3.54. The highest BCUT2D eigenvalue weighted by molar-refractivity contribution is 6.04. The summed E-state index contributed by atoms with van der Waals surface area (Å²) in [6, 6.07) is 16.6. The number of hydrogen-bond acceptors (Lipinski definition) is 5. The molecule has 1 amide bonds. The average molecular weight is 363 g/mol. The number of para-hydroxylation sites is 2. The summed E-state index contributed by atoms with van der Waals surface area (Å²) in [5.41, 5.74) is 3.53. The number of ether oxygens (including phenoxy) is 2. The van der Waals surface area contributed by atoms with Gasteiger partial charge < -0.3 is 20.1 Å². The van der Waals surface area contributed by atoms with Crippen molar-refractivity contribution in [2.24, 2.45) is 0 Å². The number of anilines is 3. The Morgan fingerprint density at radius 1 is 0.926 bits per heavy atom. The predicted octanol–water partition coefficient (Wildman–Crippen LogP) is 4.40. The molecular formula is C21H21N3O3. The summed E-state index contributed by atoms with van der Waals surface area (Å²) in [7, 11) is 3.18. The first-order valence-electron chi connectivity index (χ1n) is 8.43. The maximum atomic E-state index is 12.6. The van der Waals surface area contributed by atoms with Gasteiger partial charge in [0.15, 0.2) is 0 Å². The van der Waals surface area contributed by atoms with Gasteiger partial charge in [-0.25, -0.2) is 0 Å². The summed E-state index contributed by atoms with van der Waals surface area (Å²) in [4.78, 5) is 16.8. The Kier molecular flexibility index (Phi) is 5.56. The molecule has 3 rings (SSSR count). The molecule has 0 fully saturated rings. The van der Waals surface area contributed by atoms with Crippen LogP contribution in [0.15, 0.2) is 60.8 Å². The lowest BCUT2D eigenvalue weighted by Gasteiger charge is -2.13. The van der Waals surface area contributed by atoms with Crippen molar-refractivity contribution in [3.8, 4) is 11.5 Å². The van der Waals surface area contributed by atoms with E-state index in [9.17, 15) is 4.79 Å². The fraction of sp³-hybridized carbons (Fsp3) is 0.143. The lowest BCUT2D eigenvalue weighted by atomic mass is 10.2. The van der Waals surface area contributed by atoms with Crippen molar-refractivity contribution in [3.63, 3.8) is 0 Å². The van der Waals surface area contributed by atoms with Crippen LogP contribution >= 0.6 is 0 Å². The van der Waals surface area contributed by atoms with Crippen LogP contribution in [0, 0.1) is 6.92 Å². The summed E-state index contributed by atoms with van der Waals surface area (Å²) < 4.78 is 10.6. The van der Waals surface area contributed by atoms with Crippen LogP contribution in [0.5, 0.6) is 11.5 Å². The number of aromatic nitrogens is 1. The maximum absolute atomic E-state index is 12.6. The first-order chi connectivity index (χ1) is 13.1. The Morgan fingerprint density at radius 3 is 2.44 bits per heavy atom. The minimum atomic E-state index is -0.320. The molecule has 2 aromatic carbocycles. The number of carbonyl (C=O) groups is 1. The smallest absolute Gasteiger partial charge is 0.274 e. The van der Waals surface area contributed by atoms with E-state index in [1.54, 1.807) is 44.7 Å². The van der Waals surface area contributed by atoms with Crippen molar-refractivity contribution in [1.29, 1.82) is 0 Å². The minimum absolute atomic E-state index is 0.289. The van der Waals surface area contributed by atoms with Crippen molar-refractivity contribution < 1.29 is 14.3 Å². The van der Waals surface area contributed by atoms with Crippen LogP contribution in [0.25, 0.3) is 0 Å². The molecule has 6 heteroatoms. The number of methoxy groups -OCH3 is 2. The van der Waals surface area contributed by atoms with E-state index in [2.05, 4.69) is 15.6 Å². The number of nitrogens with zero attached hydrogens (tertiary/aromatic N) is 1. The normalized spacial score (nSPS) is 10.2. The highest BCUT2D eigenvalue weighted by Gasteiger charge is 2.12. The molecular weight excluding hydrogens is 342 g/mol. The van der Waals surface area contributed by atoms with Gasteiger partial charge in [-0.15, -0.1) is 0 Å². The van der Waals surface area contributed by atoms with Gasteiger partial charge in [-0.05, 0) is 48.9 Å². The maximum Gasteiger partial charge on any atom is 0.274 e.